The van der Waals surface area contributed by atoms with Gasteiger partial charge in [-0.15, -0.1) is 11.8 Å². The lowest BCUT2D eigenvalue weighted by molar-refractivity contribution is -0.142. The van der Waals surface area contributed by atoms with Gasteiger partial charge in [-0.2, -0.15) is 0 Å². The minimum absolute atomic E-state index is 0.0284. The number of esters is 1. The second kappa shape index (κ2) is 8.73. The van der Waals surface area contributed by atoms with Gasteiger partial charge < -0.3 is 14.4 Å². The van der Waals surface area contributed by atoms with E-state index in [1.165, 1.54) is 11.8 Å². The largest absolute Gasteiger partial charge is 0.497 e. The monoisotopic (exact) mass is 385 g/mol. The van der Waals surface area contributed by atoms with E-state index < -0.39 is 5.97 Å². The number of hydrogen-bond donors (Lipinski definition) is 0. The highest BCUT2D eigenvalue weighted by Gasteiger charge is 2.25. The molecule has 0 radical (unpaired) electrons. The number of carbonyl (C=O) groups is 3. The summed E-state index contributed by atoms with van der Waals surface area (Å²) < 4.78 is 10.1. The van der Waals surface area contributed by atoms with Crippen molar-refractivity contribution in [2.24, 2.45) is 0 Å². The maximum absolute atomic E-state index is 12.2. The molecule has 0 spiro atoms. The molecule has 1 aliphatic heterocycles. The number of amides is 1. The summed E-state index contributed by atoms with van der Waals surface area (Å²) in [6, 6.07) is 14.2. The van der Waals surface area contributed by atoms with Crippen molar-refractivity contribution >= 4 is 35.1 Å². The van der Waals surface area contributed by atoms with Gasteiger partial charge in [-0.3, -0.25) is 14.4 Å². The Morgan fingerprint density at radius 1 is 1.11 bits per heavy atom. The zero-order valence-corrected chi connectivity index (χ0v) is 15.7. The molecule has 0 N–H and O–H groups in total. The Bertz CT molecular complexity index is 850. The van der Waals surface area contributed by atoms with E-state index in [9.17, 15) is 14.4 Å². The van der Waals surface area contributed by atoms with E-state index >= 15 is 0 Å². The van der Waals surface area contributed by atoms with Gasteiger partial charge in [0.1, 0.15) is 5.75 Å². The van der Waals surface area contributed by atoms with Gasteiger partial charge in [0.15, 0.2) is 12.4 Å². The molecule has 3 rings (SSSR count). The number of fused-ring (bicyclic) bond motifs is 1. The fraction of sp³-hybridized carbons (Fsp3) is 0.250. The molecular weight excluding hydrogens is 366 g/mol. The summed E-state index contributed by atoms with van der Waals surface area (Å²) >= 11 is 1.49. The van der Waals surface area contributed by atoms with Gasteiger partial charge >= 0.3 is 5.97 Å². The van der Waals surface area contributed by atoms with Crippen LogP contribution in [0.3, 0.4) is 0 Å². The zero-order valence-electron chi connectivity index (χ0n) is 14.8. The first-order valence-electron chi connectivity index (χ1n) is 8.43. The van der Waals surface area contributed by atoms with Gasteiger partial charge in [-0.05, 0) is 36.4 Å². The summed E-state index contributed by atoms with van der Waals surface area (Å²) in [7, 11) is 1.54. The molecule has 0 aliphatic carbocycles. The number of ether oxygens (including phenoxy) is 2. The van der Waals surface area contributed by atoms with Gasteiger partial charge in [0.05, 0.1) is 25.0 Å². The molecule has 1 heterocycles. The van der Waals surface area contributed by atoms with Crippen molar-refractivity contribution < 1.29 is 23.9 Å². The van der Waals surface area contributed by atoms with Crippen LogP contribution in [-0.4, -0.2) is 43.7 Å². The number of ketones is 1. The number of Topliss-reactive ketones (excluding diaryl/α,β-unsaturated/α-hetero) is 1. The molecule has 0 atom stereocenters. The third-order valence-electron chi connectivity index (χ3n) is 4.12. The van der Waals surface area contributed by atoms with E-state index in [2.05, 4.69) is 0 Å². The first kappa shape index (κ1) is 19.0. The van der Waals surface area contributed by atoms with E-state index in [0.29, 0.717) is 17.1 Å². The number of carbonyl (C=O) groups excluding carboxylic acids is 3. The number of para-hydroxylation sites is 1. The Morgan fingerprint density at radius 3 is 2.59 bits per heavy atom. The standard InChI is InChI=1S/C20H19NO5S/c1-25-15-8-6-14(7-9-15)17(22)12-26-20(24)10-11-21-16-4-2-3-5-18(16)27-13-19(21)23/h2-9H,10-13H2,1H3. The second-order valence-corrected chi connectivity index (χ2v) is 6.88. The molecule has 6 nitrogen and oxygen atoms in total. The van der Waals surface area contributed by atoms with E-state index in [4.69, 9.17) is 9.47 Å². The van der Waals surface area contributed by atoms with Crippen LogP contribution in [-0.2, 0) is 14.3 Å². The molecule has 0 unspecified atom stereocenters. The van der Waals surface area contributed by atoms with Gasteiger partial charge in [-0.1, -0.05) is 12.1 Å². The predicted molar refractivity (Wildman–Crippen MR) is 102 cm³/mol. The van der Waals surface area contributed by atoms with Crippen LogP contribution in [0.2, 0.25) is 0 Å². The van der Waals surface area contributed by atoms with Crippen molar-refractivity contribution in [1.82, 2.24) is 0 Å². The topological polar surface area (TPSA) is 72.9 Å². The molecule has 0 saturated heterocycles. The third kappa shape index (κ3) is 4.68. The van der Waals surface area contributed by atoms with Crippen molar-refractivity contribution in [2.75, 3.05) is 30.9 Å². The fourth-order valence-electron chi connectivity index (χ4n) is 2.68. The summed E-state index contributed by atoms with van der Waals surface area (Å²) in [5, 5.41) is 0. The lowest BCUT2D eigenvalue weighted by Crippen LogP contribution is -2.37. The molecule has 1 amide bonds. The summed E-state index contributed by atoms with van der Waals surface area (Å²) in [6.45, 7) is -0.0997. The molecule has 0 bridgehead atoms. The van der Waals surface area contributed by atoms with Gasteiger partial charge in [0.2, 0.25) is 5.91 Å². The predicted octanol–water partition coefficient (Wildman–Crippen LogP) is 2.95. The number of nitrogens with zero attached hydrogens (tertiary/aromatic N) is 1. The van der Waals surface area contributed by atoms with Crippen LogP contribution in [0, 0.1) is 0 Å². The van der Waals surface area contributed by atoms with E-state index in [0.717, 1.165) is 10.6 Å². The normalized spacial score (nSPS) is 13.1. The Kier molecular flexibility index (Phi) is 6.13. The Hall–Kier alpha value is -2.80. The Labute approximate surface area is 161 Å². The van der Waals surface area contributed by atoms with Crippen LogP contribution in [0.25, 0.3) is 0 Å². The number of hydrogen-bond acceptors (Lipinski definition) is 6. The molecule has 2 aromatic carbocycles. The van der Waals surface area contributed by atoms with Crippen LogP contribution in [0.15, 0.2) is 53.4 Å². The van der Waals surface area contributed by atoms with E-state index in [1.807, 2.05) is 24.3 Å². The quantitative estimate of drug-likeness (QED) is 0.539. The minimum atomic E-state index is -0.514. The minimum Gasteiger partial charge on any atom is -0.497 e. The number of methoxy groups -OCH3 is 1. The number of anilines is 1. The van der Waals surface area contributed by atoms with Gasteiger partial charge in [0.25, 0.3) is 0 Å². The van der Waals surface area contributed by atoms with Crippen molar-refractivity contribution in [3.8, 4) is 5.75 Å². The second-order valence-electron chi connectivity index (χ2n) is 5.86. The average Bonchev–Trinajstić information content (AvgIpc) is 2.71. The SMILES string of the molecule is COc1ccc(C(=O)COC(=O)CCN2C(=O)CSc3ccccc32)cc1. The van der Waals surface area contributed by atoms with Crippen LogP contribution in [0.5, 0.6) is 5.75 Å². The molecular formula is C20H19NO5S. The molecule has 0 fully saturated rings. The summed E-state index contributed by atoms with van der Waals surface area (Å²) in [4.78, 5) is 38.9. The molecule has 27 heavy (non-hydrogen) atoms. The van der Waals surface area contributed by atoms with Crippen LogP contribution >= 0.6 is 11.8 Å². The van der Waals surface area contributed by atoms with Crippen molar-refractivity contribution in [2.45, 2.75) is 11.3 Å². The summed E-state index contributed by atoms with van der Waals surface area (Å²) in [5.41, 5.74) is 1.25. The van der Waals surface area contributed by atoms with Crippen LogP contribution < -0.4 is 9.64 Å². The van der Waals surface area contributed by atoms with Crippen LogP contribution in [0.1, 0.15) is 16.8 Å². The fourth-order valence-corrected chi connectivity index (χ4v) is 3.62. The first-order valence-corrected chi connectivity index (χ1v) is 9.42. The maximum atomic E-state index is 12.2. The molecule has 2 aromatic rings. The first-order chi connectivity index (χ1) is 13.1. The highest BCUT2D eigenvalue weighted by atomic mass is 32.2. The summed E-state index contributed by atoms with van der Waals surface area (Å²) in [6.07, 6.45) is 0.0284. The Morgan fingerprint density at radius 2 is 1.85 bits per heavy atom. The van der Waals surface area contributed by atoms with Gasteiger partial charge in [0, 0.05) is 17.0 Å². The van der Waals surface area contributed by atoms with Crippen molar-refractivity contribution in [1.29, 1.82) is 0 Å². The van der Waals surface area contributed by atoms with Crippen molar-refractivity contribution in [3.05, 3.63) is 54.1 Å². The highest BCUT2D eigenvalue weighted by molar-refractivity contribution is 8.00. The number of thioether (sulfide) groups is 1. The highest BCUT2D eigenvalue weighted by Crippen LogP contribution is 2.34. The van der Waals surface area contributed by atoms with Gasteiger partial charge in [-0.25, -0.2) is 0 Å². The van der Waals surface area contributed by atoms with Crippen molar-refractivity contribution in [3.63, 3.8) is 0 Å². The molecule has 7 heteroatoms. The van der Waals surface area contributed by atoms with E-state index in [1.54, 1.807) is 36.3 Å². The number of rotatable bonds is 7. The molecule has 140 valence electrons. The maximum Gasteiger partial charge on any atom is 0.308 e. The molecule has 0 aromatic heterocycles. The molecule has 1 aliphatic rings. The van der Waals surface area contributed by atoms with E-state index in [-0.39, 0.29) is 31.3 Å². The zero-order chi connectivity index (χ0) is 19.2. The summed E-state index contributed by atoms with van der Waals surface area (Å²) in [5.74, 6) is 0.151. The molecule has 0 saturated carbocycles. The van der Waals surface area contributed by atoms with Crippen LogP contribution in [0.4, 0.5) is 5.69 Å². The average molecular weight is 385 g/mol. The lowest BCUT2D eigenvalue weighted by Gasteiger charge is -2.28. The smallest absolute Gasteiger partial charge is 0.308 e. The number of benzene rings is 2. The lowest BCUT2D eigenvalue weighted by atomic mass is 10.1. The Balaban J connectivity index is 1.51. The third-order valence-corrected chi connectivity index (χ3v) is 5.17.